The third-order valence-electron chi connectivity index (χ3n) is 5.09. The Hall–Kier alpha value is -1.81. The second-order valence-corrected chi connectivity index (χ2v) is 8.81. The predicted octanol–water partition coefficient (Wildman–Crippen LogP) is 0.228. The molecule has 2 aliphatic heterocycles. The monoisotopic (exact) mass is 395 g/mol. The van der Waals surface area contributed by atoms with Crippen LogP contribution in [-0.2, 0) is 19.6 Å². The molecule has 0 radical (unpaired) electrons. The number of sulfonamides is 1. The predicted molar refractivity (Wildman–Crippen MR) is 98.7 cm³/mol. The Labute approximate surface area is 159 Å². The quantitative estimate of drug-likeness (QED) is 0.715. The van der Waals surface area contributed by atoms with Gasteiger partial charge >= 0.3 is 0 Å². The summed E-state index contributed by atoms with van der Waals surface area (Å²) in [6, 6.07) is 5.92. The van der Waals surface area contributed by atoms with Crippen LogP contribution in [0.3, 0.4) is 0 Å². The lowest BCUT2D eigenvalue weighted by Crippen LogP contribution is -2.52. The van der Waals surface area contributed by atoms with Gasteiger partial charge in [0.25, 0.3) is 5.91 Å². The van der Waals surface area contributed by atoms with Crippen LogP contribution in [0.25, 0.3) is 0 Å². The molecule has 8 nitrogen and oxygen atoms in total. The van der Waals surface area contributed by atoms with Gasteiger partial charge < -0.3 is 15.4 Å². The molecule has 0 saturated carbocycles. The van der Waals surface area contributed by atoms with E-state index in [4.69, 9.17) is 10.5 Å². The maximum absolute atomic E-state index is 12.8. The van der Waals surface area contributed by atoms with Gasteiger partial charge in [-0.15, -0.1) is 0 Å². The van der Waals surface area contributed by atoms with Gasteiger partial charge in [0.15, 0.2) is 5.78 Å². The van der Waals surface area contributed by atoms with Gasteiger partial charge in [0.1, 0.15) is 6.10 Å². The standard InChI is InChI=1S/C18H25N3O5S/c1-13(22)14-2-5-16(6-3-14)27(24,25)21-10-8-20(9-11-21)18(23)17-7-4-15(12-19)26-17/h2-3,5-6,15,17H,4,7-12,19H2,1H3/t15-,17+/m1/s1. The van der Waals surface area contributed by atoms with Crippen molar-refractivity contribution in [2.75, 3.05) is 32.7 Å². The minimum absolute atomic E-state index is 0.0707. The van der Waals surface area contributed by atoms with Crippen molar-refractivity contribution < 1.29 is 22.7 Å². The molecule has 2 N–H and O–H groups in total. The van der Waals surface area contributed by atoms with Gasteiger partial charge in [-0.25, -0.2) is 8.42 Å². The molecule has 1 aromatic carbocycles. The summed E-state index contributed by atoms with van der Waals surface area (Å²) in [5, 5.41) is 0. The molecule has 0 aliphatic carbocycles. The molecular formula is C18H25N3O5S. The normalized spacial score (nSPS) is 24.1. The number of ether oxygens (including phenoxy) is 1. The largest absolute Gasteiger partial charge is 0.364 e. The van der Waals surface area contributed by atoms with Crippen LogP contribution in [0, 0.1) is 0 Å². The average Bonchev–Trinajstić information content (AvgIpc) is 3.17. The highest BCUT2D eigenvalue weighted by molar-refractivity contribution is 7.89. The van der Waals surface area contributed by atoms with Crippen LogP contribution in [0.1, 0.15) is 30.1 Å². The molecule has 0 aromatic heterocycles. The number of hydrogen-bond donors (Lipinski definition) is 1. The highest BCUT2D eigenvalue weighted by Gasteiger charge is 2.36. The number of carbonyl (C=O) groups is 2. The summed E-state index contributed by atoms with van der Waals surface area (Å²) in [7, 11) is -3.65. The van der Waals surface area contributed by atoms with Gasteiger partial charge in [0.05, 0.1) is 11.0 Å². The Morgan fingerprint density at radius 1 is 1.11 bits per heavy atom. The number of Topliss-reactive ketones (excluding diaryl/α,β-unsaturated/α-hetero) is 1. The zero-order chi connectivity index (χ0) is 19.6. The van der Waals surface area contributed by atoms with Crippen molar-refractivity contribution in [2.45, 2.75) is 36.9 Å². The highest BCUT2D eigenvalue weighted by atomic mass is 32.2. The van der Waals surface area contributed by atoms with Crippen molar-refractivity contribution in [3.63, 3.8) is 0 Å². The average molecular weight is 395 g/mol. The second kappa shape index (κ2) is 8.05. The van der Waals surface area contributed by atoms with Crippen LogP contribution < -0.4 is 5.73 Å². The van der Waals surface area contributed by atoms with E-state index in [0.717, 1.165) is 6.42 Å². The van der Waals surface area contributed by atoms with Gasteiger partial charge in [-0.3, -0.25) is 9.59 Å². The fourth-order valence-electron chi connectivity index (χ4n) is 3.42. The lowest BCUT2D eigenvalue weighted by atomic mass is 10.1. The van der Waals surface area contributed by atoms with E-state index in [1.165, 1.54) is 35.5 Å². The maximum Gasteiger partial charge on any atom is 0.251 e. The van der Waals surface area contributed by atoms with Crippen molar-refractivity contribution in [1.29, 1.82) is 0 Å². The first kappa shape index (κ1) is 19.9. The van der Waals surface area contributed by atoms with E-state index in [2.05, 4.69) is 0 Å². The fourth-order valence-corrected chi connectivity index (χ4v) is 4.85. The Bertz CT molecular complexity index is 801. The number of piperazine rings is 1. The van der Waals surface area contributed by atoms with Crippen molar-refractivity contribution in [3.05, 3.63) is 29.8 Å². The van der Waals surface area contributed by atoms with E-state index in [0.29, 0.717) is 31.6 Å². The molecule has 3 rings (SSSR count). The summed E-state index contributed by atoms with van der Waals surface area (Å²) in [5.74, 6) is -0.203. The summed E-state index contributed by atoms with van der Waals surface area (Å²) in [5.41, 5.74) is 6.05. The molecule has 0 spiro atoms. The number of hydrogen-bond acceptors (Lipinski definition) is 6. The van der Waals surface area contributed by atoms with E-state index >= 15 is 0 Å². The van der Waals surface area contributed by atoms with E-state index in [1.54, 1.807) is 4.90 Å². The van der Waals surface area contributed by atoms with Crippen LogP contribution in [-0.4, -0.2) is 74.2 Å². The van der Waals surface area contributed by atoms with Gasteiger partial charge in [-0.2, -0.15) is 4.31 Å². The lowest BCUT2D eigenvalue weighted by Gasteiger charge is -2.35. The molecule has 1 aromatic rings. The number of carbonyl (C=O) groups excluding carboxylic acids is 2. The first-order chi connectivity index (χ1) is 12.8. The summed E-state index contributed by atoms with van der Waals surface area (Å²) in [6.45, 7) is 2.96. The van der Waals surface area contributed by atoms with Gasteiger partial charge in [-0.1, -0.05) is 12.1 Å². The van der Waals surface area contributed by atoms with E-state index in [1.807, 2.05) is 0 Å². The van der Waals surface area contributed by atoms with Gasteiger partial charge in [0.2, 0.25) is 10.0 Å². The molecule has 2 heterocycles. The molecular weight excluding hydrogens is 370 g/mol. The smallest absolute Gasteiger partial charge is 0.251 e. The van der Waals surface area contributed by atoms with Gasteiger partial charge in [0, 0.05) is 38.3 Å². The summed E-state index contributed by atoms with van der Waals surface area (Å²) in [6.07, 6.45) is 0.888. The van der Waals surface area contributed by atoms with Gasteiger partial charge in [-0.05, 0) is 31.9 Å². The summed E-state index contributed by atoms with van der Waals surface area (Å²) < 4.78 is 32.6. The number of benzene rings is 1. The van der Waals surface area contributed by atoms with E-state index < -0.39 is 16.1 Å². The number of rotatable bonds is 5. The van der Waals surface area contributed by atoms with Crippen molar-refractivity contribution >= 4 is 21.7 Å². The fraction of sp³-hybridized carbons (Fsp3) is 0.556. The first-order valence-corrected chi connectivity index (χ1v) is 10.5. The molecule has 2 saturated heterocycles. The summed E-state index contributed by atoms with van der Waals surface area (Å²) >= 11 is 0. The van der Waals surface area contributed by atoms with Crippen LogP contribution in [0.15, 0.2) is 29.2 Å². The zero-order valence-electron chi connectivity index (χ0n) is 15.3. The van der Waals surface area contributed by atoms with Crippen LogP contribution in [0.2, 0.25) is 0 Å². The third-order valence-corrected chi connectivity index (χ3v) is 7.01. The molecule has 0 unspecified atom stereocenters. The SMILES string of the molecule is CC(=O)c1ccc(S(=O)(=O)N2CCN(C(=O)[C@@H]3CC[C@H](CN)O3)CC2)cc1. The number of nitrogens with zero attached hydrogens (tertiary/aromatic N) is 2. The second-order valence-electron chi connectivity index (χ2n) is 6.87. The summed E-state index contributed by atoms with van der Waals surface area (Å²) in [4.78, 5) is 25.7. The Balaban J connectivity index is 1.61. The molecule has 2 fully saturated rings. The zero-order valence-corrected chi connectivity index (χ0v) is 16.2. The van der Waals surface area contributed by atoms with Crippen LogP contribution >= 0.6 is 0 Å². The van der Waals surface area contributed by atoms with Crippen molar-refractivity contribution in [3.8, 4) is 0 Å². The van der Waals surface area contributed by atoms with Crippen LogP contribution in [0.4, 0.5) is 0 Å². The first-order valence-electron chi connectivity index (χ1n) is 9.08. The minimum atomic E-state index is -3.65. The topological polar surface area (TPSA) is 110 Å². The molecule has 2 aliphatic rings. The molecule has 27 heavy (non-hydrogen) atoms. The Morgan fingerprint density at radius 2 is 1.74 bits per heavy atom. The number of ketones is 1. The maximum atomic E-state index is 12.8. The minimum Gasteiger partial charge on any atom is -0.364 e. The molecule has 1 amide bonds. The molecule has 148 valence electrons. The number of amides is 1. The Morgan fingerprint density at radius 3 is 2.26 bits per heavy atom. The molecule has 9 heteroatoms. The van der Waals surface area contributed by atoms with Crippen molar-refractivity contribution in [2.24, 2.45) is 5.73 Å². The number of nitrogens with two attached hydrogens (primary N) is 1. The third kappa shape index (κ3) is 4.21. The van der Waals surface area contributed by atoms with Crippen LogP contribution in [0.5, 0.6) is 0 Å². The Kier molecular flexibility index (Phi) is 5.95. The lowest BCUT2D eigenvalue weighted by molar-refractivity contribution is -0.143. The molecule has 2 atom stereocenters. The van der Waals surface area contributed by atoms with E-state index in [9.17, 15) is 18.0 Å². The van der Waals surface area contributed by atoms with Crippen molar-refractivity contribution in [1.82, 2.24) is 9.21 Å². The highest BCUT2D eigenvalue weighted by Crippen LogP contribution is 2.23. The molecule has 0 bridgehead atoms. The van der Waals surface area contributed by atoms with E-state index in [-0.39, 0.29) is 35.8 Å².